The number of pyridine rings is 1. The SMILES string of the molecule is Cc1ncccc1CNCc1ccc2c(c1)N(C)C(=O)CC(=O)N2C. The first-order valence-corrected chi connectivity index (χ1v) is 8.24. The zero-order valence-corrected chi connectivity index (χ0v) is 14.7. The molecule has 1 aromatic heterocycles. The number of nitrogens with one attached hydrogen (secondary N) is 1. The zero-order chi connectivity index (χ0) is 18.0. The van der Waals surface area contributed by atoms with Gasteiger partial charge in [-0.2, -0.15) is 0 Å². The van der Waals surface area contributed by atoms with E-state index in [1.165, 1.54) is 0 Å². The van der Waals surface area contributed by atoms with Crippen molar-refractivity contribution < 1.29 is 9.59 Å². The molecule has 0 unspecified atom stereocenters. The number of carbonyl (C=O) groups excluding carboxylic acids is 2. The lowest BCUT2D eigenvalue weighted by Gasteiger charge is -2.21. The summed E-state index contributed by atoms with van der Waals surface area (Å²) in [5.74, 6) is -0.375. The number of hydrogen-bond donors (Lipinski definition) is 1. The third kappa shape index (κ3) is 3.53. The molecule has 3 rings (SSSR count). The van der Waals surface area contributed by atoms with Gasteiger partial charge in [-0.05, 0) is 36.2 Å². The number of aryl methyl sites for hydroxylation is 1. The van der Waals surface area contributed by atoms with Gasteiger partial charge in [-0.1, -0.05) is 12.1 Å². The fourth-order valence-corrected chi connectivity index (χ4v) is 2.91. The normalized spacial score (nSPS) is 14.5. The van der Waals surface area contributed by atoms with Gasteiger partial charge >= 0.3 is 0 Å². The summed E-state index contributed by atoms with van der Waals surface area (Å²) < 4.78 is 0. The summed E-state index contributed by atoms with van der Waals surface area (Å²) in [4.78, 5) is 31.6. The summed E-state index contributed by atoms with van der Waals surface area (Å²) in [6.07, 6.45) is 1.69. The Morgan fingerprint density at radius 3 is 2.48 bits per heavy atom. The maximum Gasteiger partial charge on any atom is 0.236 e. The average molecular weight is 338 g/mol. The van der Waals surface area contributed by atoms with Gasteiger partial charge in [0.15, 0.2) is 0 Å². The maximum atomic E-state index is 12.1. The minimum Gasteiger partial charge on any atom is -0.313 e. The van der Waals surface area contributed by atoms with Gasteiger partial charge in [0.25, 0.3) is 0 Å². The van der Waals surface area contributed by atoms with E-state index in [9.17, 15) is 9.59 Å². The first-order valence-electron chi connectivity index (χ1n) is 8.24. The Bertz CT molecular complexity index is 819. The molecule has 0 aliphatic carbocycles. The number of anilines is 2. The van der Waals surface area contributed by atoms with Crippen LogP contribution in [-0.4, -0.2) is 30.9 Å². The molecular formula is C19H22N4O2. The first-order chi connectivity index (χ1) is 12.0. The van der Waals surface area contributed by atoms with Gasteiger partial charge in [0.05, 0.1) is 11.4 Å². The Morgan fingerprint density at radius 2 is 1.76 bits per heavy atom. The monoisotopic (exact) mass is 338 g/mol. The Kier molecular flexibility index (Phi) is 4.81. The molecule has 0 bridgehead atoms. The van der Waals surface area contributed by atoms with Crippen molar-refractivity contribution in [1.82, 2.24) is 10.3 Å². The van der Waals surface area contributed by atoms with E-state index in [0.29, 0.717) is 6.54 Å². The molecule has 0 spiro atoms. The van der Waals surface area contributed by atoms with Crippen LogP contribution in [0.3, 0.4) is 0 Å². The topological polar surface area (TPSA) is 65.5 Å². The van der Waals surface area contributed by atoms with E-state index in [4.69, 9.17) is 0 Å². The Hall–Kier alpha value is -2.73. The number of aromatic nitrogens is 1. The van der Waals surface area contributed by atoms with Gasteiger partial charge < -0.3 is 15.1 Å². The van der Waals surface area contributed by atoms with Crippen LogP contribution in [0.25, 0.3) is 0 Å². The van der Waals surface area contributed by atoms with Crippen LogP contribution in [0.5, 0.6) is 0 Å². The van der Waals surface area contributed by atoms with E-state index < -0.39 is 0 Å². The van der Waals surface area contributed by atoms with Gasteiger partial charge in [0.1, 0.15) is 6.42 Å². The van der Waals surface area contributed by atoms with Crippen molar-refractivity contribution >= 4 is 23.2 Å². The third-order valence-electron chi connectivity index (χ3n) is 4.57. The number of benzene rings is 1. The summed E-state index contributed by atoms with van der Waals surface area (Å²) in [6, 6.07) is 9.83. The van der Waals surface area contributed by atoms with E-state index in [0.717, 1.165) is 34.7 Å². The van der Waals surface area contributed by atoms with Gasteiger partial charge in [-0.15, -0.1) is 0 Å². The van der Waals surface area contributed by atoms with Gasteiger partial charge in [-0.25, -0.2) is 0 Å². The average Bonchev–Trinajstić information content (AvgIpc) is 2.68. The highest BCUT2D eigenvalue weighted by molar-refractivity contribution is 6.14. The van der Waals surface area contributed by atoms with Gasteiger partial charge in [-0.3, -0.25) is 14.6 Å². The van der Waals surface area contributed by atoms with E-state index >= 15 is 0 Å². The molecule has 25 heavy (non-hydrogen) atoms. The smallest absolute Gasteiger partial charge is 0.236 e. The van der Waals surface area contributed by atoms with Crippen molar-refractivity contribution in [2.45, 2.75) is 26.4 Å². The number of nitrogens with zero attached hydrogens (tertiary/aromatic N) is 3. The number of amides is 2. The standard InChI is InChI=1S/C19H22N4O2/c1-13-15(5-4-8-21-13)12-20-11-14-6-7-16-17(9-14)23(3)19(25)10-18(24)22(16)2/h4-9,20H,10-12H2,1-3H3. The minimum absolute atomic E-state index is 0.102. The molecule has 0 saturated heterocycles. The maximum absolute atomic E-state index is 12.1. The van der Waals surface area contributed by atoms with Crippen LogP contribution in [0.2, 0.25) is 0 Å². The third-order valence-corrected chi connectivity index (χ3v) is 4.57. The Balaban J connectivity index is 1.76. The molecule has 130 valence electrons. The zero-order valence-electron chi connectivity index (χ0n) is 14.7. The molecule has 1 N–H and O–H groups in total. The van der Waals surface area contributed by atoms with Crippen LogP contribution in [0.1, 0.15) is 23.2 Å². The fourth-order valence-electron chi connectivity index (χ4n) is 2.91. The molecule has 6 nitrogen and oxygen atoms in total. The van der Waals surface area contributed by atoms with Crippen molar-refractivity contribution in [3.05, 3.63) is 53.3 Å². The quantitative estimate of drug-likeness (QED) is 0.866. The number of carbonyl (C=O) groups is 2. The Morgan fingerprint density at radius 1 is 1.04 bits per heavy atom. The van der Waals surface area contributed by atoms with Crippen molar-refractivity contribution in [1.29, 1.82) is 0 Å². The van der Waals surface area contributed by atoms with Gasteiger partial charge in [0.2, 0.25) is 11.8 Å². The van der Waals surface area contributed by atoms with Crippen molar-refractivity contribution in [3.8, 4) is 0 Å². The molecule has 0 saturated carbocycles. The number of rotatable bonds is 4. The molecule has 2 aromatic rings. The second-order valence-electron chi connectivity index (χ2n) is 6.26. The van der Waals surface area contributed by atoms with Crippen LogP contribution in [0.4, 0.5) is 11.4 Å². The van der Waals surface area contributed by atoms with Crippen molar-refractivity contribution in [2.24, 2.45) is 0 Å². The highest BCUT2D eigenvalue weighted by Crippen LogP contribution is 2.32. The first kappa shape index (κ1) is 17.1. The summed E-state index contributed by atoms with van der Waals surface area (Å²) in [5.41, 5.74) is 4.75. The summed E-state index contributed by atoms with van der Waals surface area (Å²) in [7, 11) is 3.42. The molecular weight excluding hydrogens is 316 g/mol. The minimum atomic E-state index is -0.188. The van der Waals surface area contributed by atoms with Crippen LogP contribution >= 0.6 is 0 Å². The molecule has 2 heterocycles. The van der Waals surface area contributed by atoms with Crippen molar-refractivity contribution in [3.63, 3.8) is 0 Å². The van der Waals surface area contributed by atoms with Crippen LogP contribution < -0.4 is 15.1 Å². The molecule has 1 aliphatic heterocycles. The predicted molar refractivity (Wildman–Crippen MR) is 97.4 cm³/mol. The molecule has 0 fully saturated rings. The highest BCUT2D eigenvalue weighted by Gasteiger charge is 2.27. The number of fused-ring (bicyclic) bond motifs is 1. The lowest BCUT2D eigenvalue weighted by molar-refractivity contribution is -0.125. The lowest BCUT2D eigenvalue weighted by atomic mass is 10.1. The summed E-state index contributed by atoms with van der Waals surface area (Å²) in [5, 5.41) is 3.40. The van der Waals surface area contributed by atoms with E-state index in [1.54, 1.807) is 30.1 Å². The lowest BCUT2D eigenvalue weighted by Crippen LogP contribution is -2.28. The van der Waals surface area contributed by atoms with Crippen LogP contribution in [0.15, 0.2) is 36.5 Å². The van der Waals surface area contributed by atoms with Crippen LogP contribution in [-0.2, 0) is 22.7 Å². The summed E-state index contributed by atoms with van der Waals surface area (Å²) in [6.45, 7) is 3.39. The summed E-state index contributed by atoms with van der Waals surface area (Å²) >= 11 is 0. The number of hydrogen-bond acceptors (Lipinski definition) is 4. The highest BCUT2D eigenvalue weighted by atomic mass is 16.2. The molecule has 6 heteroatoms. The largest absolute Gasteiger partial charge is 0.313 e. The fraction of sp³-hybridized carbons (Fsp3) is 0.316. The van der Waals surface area contributed by atoms with E-state index in [-0.39, 0.29) is 18.2 Å². The molecule has 0 radical (unpaired) electrons. The molecule has 1 aliphatic rings. The Labute approximate surface area is 147 Å². The molecule has 1 aromatic carbocycles. The second-order valence-corrected chi connectivity index (χ2v) is 6.26. The van der Waals surface area contributed by atoms with E-state index in [1.807, 2.05) is 31.2 Å². The molecule has 0 atom stereocenters. The van der Waals surface area contributed by atoms with E-state index in [2.05, 4.69) is 16.4 Å². The van der Waals surface area contributed by atoms with Crippen molar-refractivity contribution in [2.75, 3.05) is 23.9 Å². The second kappa shape index (κ2) is 7.03. The van der Waals surface area contributed by atoms with Gasteiger partial charge in [0, 0.05) is 39.1 Å². The van der Waals surface area contributed by atoms with Crippen LogP contribution in [0, 0.1) is 6.92 Å². The predicted octanol–water partition coefficient (Wildman–Crippen LogP) is 2.01. The molecule has 2 amide bonds.